The number of rotatable bonds is 7. The predicted molar refractivity (Wildman–Crippen MR) is 85.8 cm³/mol. The molecule has 0 amide bonds. The number of aryl methyl sites for hydroxylation is 1. The van der Waals surface area contributed by atoms with E-state index in [1.165, 1.54) is 25.9 Å². The number of carbonyl (C=O) groups excluding carboxylic acids is 1. The summed E-state index contributed by atoms with van der Waals surface area (Å²) in [7, 11) is 2.18. The van der Waals surface area contributed by atoms with Crippen LogP contribution in [0.5, 0.6) is 0 Å². The van der Waals surface area contributed by atoms with E-state index in [0.29, 0.717) is 19.4 Å². The Labute approximate surface area is 130 Å². The molecule has 0 atom stereocenters. The van der Waals surface area contributed by atoms with Crippen molar-refractivity contribution < 1.29 is 9.53 Å². The number of nitrogens with zero attached hydrogens (tertiary/aromatic N) is 2. The third-order valence-electron chi connectivity index (χ3n) is 3.82. The van der Waals surface area contributed by atoms with Crippen molar-refractivity contribution in [3.63, 3.8) is 0 Å². The molecule has 1 fully saturated rings. The quantitative estimate of drug-likeness (QED) is 0.784. The Hall–Kier alpha value is -1.14. The molecule has 0 bridgehead atoms. The van der Waals surface area contributed by atoms with Crippen LogP contribution in [0.15, 0.2) is 5.38 Å². The maximum Gasteiger partial charge on any atom is 0.306 e. The molecule has 6 heteroatoms. The van der Waals surface area contributed by atoms with Gasteiger partial charge < -0.3 is 15.0 Å². The normalized spacial score (nSPS) is 16.9. The summed E-state index contributed by atoms with van der Waals surface area (Å²) in [6, 6.07) is 0. The summed E-state index contributed by atoms with van der Waals surface area (Å²) >= 11 is 1.62. The van der Waals surface area contributed by atoms with Crippen LogP contribution in [-0.4, -0.2) is 49.1 Å². The molecular weight excluding hydrogens is 286 g/mol. The fourth-order valence-corrected chi connectivity index (χ4v) is 3.22. The third kappa shape index (κ3) is 5.63. The maximum atomic E-state index is 11.3. The van der Waals surface area contributed by atoms with Gasteiger partial charge in [-0.05, 0) is 45.8 Å². The standard InChI is InChI=1S/C15H25N3O2S/c1-3-20-14(19)5-4-13-11-21-15(17-13)16-10-12-6-8-18(2)9-7-12/h11-12H,3-10H2,1-2H3,(H,16,17). The van der Waals surface area contributed by atoms with E-state index in [-0.39, 0.29) is 5.97 Å². The molecule has 0 saturated carbocycles. The van der Waals surface area contributed by atoms with E-state index in [0.717, 1.165) is 23.3 Å². The van der Waals surface area contributed by atoms with Gasteiger partial charge in [-0.1, -0.05) is 0 Å². The van der Waals surface area contributed by atoms with Crippen molar-refractivity contribution in [2.75, 3.05) is 38.6 Å². The van der Waals surface area contributed by atoms with Crippen molar-refractivity contribution >= 4 is 22.4 Å². The minimum atomic E-state index is -0.147. The molecule has 0 spiro atoms. The molecular formula is C15H25N3O2S. The Kier molecular flexibility index (Phi) is 6.45. The molecule has 1 aromatic rings. The summed E-state index contributed by atoms with van der Waals surface area (Å²) in [6.45, 7) is 5.65. The van der Waals surface area contributed by atoms with Crippen LogP contribution in [0.2, 0.25) is 0 Å². The Morgan fingerprint density at radius 1 is 1.52 bits per heavy atom. The summed E-state index contributed by atoms with van der Waals surface area (Å²) in [4.78, 5) is 18.2. The number of carbonyl (C=O) groups is 1. The summed E-state index contributed by atoms with van der Waals surface area (Å²) < 4.78 is 4.92. The molecule has 0 aromatic carbocycles. The van der Waals surface area contributed by atoms with Crippen LogP contribution in [0.3, 0.4) is 0 Å². The lowest BCUT2D eigenvalue weighted by molar-refractivity contribution is -0.143. The molecule has 2 rings (SSSR count). The molecule has 1 aliphatic rings. The Morgan fingerprint density at radius 2 is 2.29 bits per heavy atom. The molecule has 118 valence electrons. The summed E-state index contributed by atoms with van der Waals surface area (Å²) in [6.07, 6.45) is 3.58. The first-order valence-electron chi connectivity index (χ1n) is 7.69. The molecule has 1 aliphatic heterocycles. The average molecular weight is 311 g/mol. The van der Waals surface area contributed by atoms with Gasteiger partial charge in [-0.3, -0.25) is 4.79 Å². The Balaban J connectivity index is 1.69. The van der Waals surface area contributed by atoms with E-state index in [1.54, 1.807) is 11.3 Å². The SMILES string of the molecule is CCOC(=O)CCc1csc(NCC2CCN(C)CC2)n1. The third-order valence-corrected chi connectivity index (χ3v) is 4.67. The predicted octanol–water partition coefficient (Wildman–Crippen LogP) is 2.39. The van der Waals surface area contributed by atoms with Gasteiger partial charge >= 0.3 is 5.97 Å². The molecule has 1 saturated heterocycles. The summed E-state index contributed by atoms with van der Waals surface area (Å²) in [5.74, 6) is 0.597. The van der Waals surface area contributed by atoms with Gasteiger partial charge in [0.1, 0.15) is 0 Å². The van der Waals surface area contributed by atoms with Crippen LogP contribution < -0.4 is 5.32 Å². The number of anilines is 1. The highest BCUT2D eigenvalue weighted by Crippen LogP contribution is 2.20. The number of esters is 1. The van der Waals surface area contributed by atoms with Crippen LogP contribution >= 0.6 is 11.3 Å². The first-order valence-corrected chi connectivity index (χ1v) is 8.57. The van der Waals surface area contributed by atoms with Crippen LogP contribution in [0.4, 0.5) is 5.13 Å². The van der Waals surface area contributed by atoms with Crippen LogP contribution in [0.1, 0.15) is 31.9 Å². The lowest BCUT2D eigenvalue weighted by Gasteiger charge is -2.28. The van der Waals surface area contributed by atoms with Gasteiger partial charge in [-0.25, -0.2) is 4.98 Å². The number of aromatic nitrogens is 1. The monoisotopic (exact) mass is 311 g/mol. The van der Waals surface area contributed by atoms with Crippen LogP contribution in [0, 0.1) is 5.92 Å². The molecule has 5 nitrogen and oxygen atoms in total. The minimum Gasteiger partial charge on any atom is -0.466 e. The van der Waals surface area contributed by atoms with Gasteiger partial charge in [0.25, 0.3) is 0 Å². The maximum absolute atomic E-state index is 11.3. The van der Waals surface area contributed by atoms with E-state index >= 15 is 0 Å². The highest BCUT2D eigenvalue weighted by atomic mass is 32.1. The van der Waals surface area contributed by atoms with Gasteiger partial charge in [-0.2, -0.15) is 0 Å². The molecule has 21 heavy (non-hydrogen) atoms. The van der Waals surface area contributed by atoms with Gasteiger partial charge in [0, 0.05) is 18.3 Å². The van der Waals surface area contributed by atoms with Gasteiger partial charge in [0.2, 0.25) is 0 Å². The highest BCUT2D eigenvalue weighted by molar-refractivity contribution is 7.13. The molecule has 1 aromatic heterocycles. The van der Waals surface area contributed by atoms with Gasteiger partial charge in [-0.15, -0.1) is 11.3 Å². The smallest absolute Gasteiger partial charge is 0.306 e. The first kappa shape index (κ1) is 16.2. The number of piperidine rings is 1. The van der Waals surface area contributed by atoms with Crippen LogP contribution in [0.25, 0.3) is 0 Å². The molecule has 0 radical (unpaired) electrons. The lowest BCUT2D eigenvalue weighted by Crippen LogP contribution is -2.32. The number of nitrogens with one attached hydrogen (secondary N) is 1. The Bertz CT molecular complexity index is 442. The van der Waals surface area contributed by atoms with E-state index in [1.807, 2.05) is 12.3 Å². The van der Waals surface area contributed by atoms with E-state index in [4.69, 9.17) is 4.74 Å². The largest absolute Gasteiger partial charge is 0.466 e. The number of thiazole rings is 1. The van der Waals surface area contributed by atoms with E-state index in [2.05, 4.69) is 22.2 Å². The van der Waals surface area contributed by atoms with Crippen molar-refractivity contribution in [2.24, 2.45) is 5.92 Å². The minimum absolute atomic E-state index is 0.147. The average Bonchev–Trinajstić information content (AvgIpc) is 2.93. The zero-order valence-electron chi connectivity index (χ0n) is 12.9. The molecule has 1 N–H and O–H groups in total. The number of likely N-dealkylation sites (tertiary alicyclic amines) is 1. The lowest BCUT2D eigenvalue weighted by atomic mass is 9.97. The molecule has 0 unspecified atom stereocenters. The fraction of sp³-hybridized carbons (Fsp3) is 0.733. The van der Waals surface area contributed by atoms with Crippen LogP contribution in [-0.2, 0) is 16.0 Å². The summed E-state index contributed by atoms with van der Waals surface area (Å²) in [5.41, 5.74) is 0.971. The second kappa shape index (κ2) is 8.34. The Morgan fingerprint density at radius 3 is 3.00 bits per heavy atom. The number of hydrogen-bond donors (Lipinski definition) is 1. The zero-order chi connectivity index (χ0) is 15.1. The van der Waals surface area contributed by atoms with Crippen molar-refractivity contribution in [3.05, 3.63) is 11.1 Å². The van der Waals surface area contributed by atoms with E-state index < -0.39 is 0 Å². The second-order valence-corrected chi connectivity index (χ2v) is 6.43. The molecule has 2 heterocycles. The van der Waals surface area contributed by atoms with E-state index in [9.17, 15) is 4.79 Å². The molecule has 0 aliphatic carbocycles. The van der Waals surface area contributed by atoms with Gasteiger partial charge in [0.05, 0.1) is 18.7 Å². The van der Waals surface area contributed by atoms with Crippen molar-refractivity contribution in [3.8, 4) is 0 Å². The number of ether oxygens (including phenoxy) is 1. The fourth-order valence-electron chi connectivity index (χ4n) is 2.46. The van der Waals surface area contributed by atoms with Gasteiger partial charge in [0.15, 0.2) is 5.13 Å². The zero-order valence-corrected chi connectivity index (χ0v) is 13.7. The highest BCUT2D eigenvalue weighted by Gasteiger charge is 2.16. The van der Waals surface area contributed by atoms with Crippen molar-refractivity contribution in [1.82, 2.24) is 9.88 Å². The van der Waals surface area contributed by atoms with Crippen molar-refractivity contribution in [2.45, 2.75) is 32.6 Å². The number of hydrogen-bond acceptors (Lipinski definition) is 6. The topological polar surface area (TPSA) is 54.5 Å². The van der Waals surface area contributed by atoms with Crippen molar-refractivity contribution in [1.29, 1.82) is 0 Å². The first-order chi connectivity index (χ1) is 10.2. The second-order valence-electron chi connectivity index (χ2n) is 5.58. The summed E-state index contributed by atoms with van der Waals surface area (Å²) in [5, 5.41) is 6.42.